The van der Waals surface area contributed by atoms with Gasteiger partial charge in [0.05, 0.1) is 11.4 Å². The van der Waals surface area contributed by atoms with Crippen molar-refractivity contribution < 1.29 is 14.2 Å². The third kappa shape index (κ3) is 3.29. The van der Waals surface area contributed by atoms with E-state index in [0.717, 1.165) is 79.1 Å². The molecule has 192 valence electrons. The Bertz CT molecular complexity index is 1950. The van der Waals surface area contributed by atoms with Crippen LogP contribution in [0.3, 0.4) is 0 Å². The van der Waals surface area contributed by atoms with E-state index in [9.17, 15) is 0 Å². The Hall–Kier alpha value is -5.42. The smallest absolute Gasteiger partial charge is 0.260 e. The number of ether oxygens (including phenoxy) is 3. The standard InChI is InChI=1S/C36H22BNO3/c1-5-13-30-26(9-1)37-27-10-2-6-14-31(27)41-36-25(21-22-34(39-30)35(36)37)23-17-19-24(20-18-23)38-28-11-3-7-15-32(28)40-33-16-8-4-12-29(33)38/h1-22H. The lowest BCUT2D eigenvalue weighted by Gasteiger charge is -2.34. The molecule has 0 atom stereocenters. The number of fused-ring (bicyclic) bond motifs is 6. The molecule has 3 heterocycles. The first-order chi connectivity index (χ1) is 20.3. The molecule has 0 unspecified atom stereocenters. The van der Waals surface area contributed by atoms with Crippen molar-refractivity contribution in [3.8, 4) is 45.6 Å². The van der Waals surface area contributed by atoms with Crippen LogP contribution in [0.1, 0.15) is 0 Å². The van der Waals surface area contributed by atoms with Gasteiger partial charge in [0.2, 0.25) is 0 Å². The Balaban J connectivity index is 1.18. The molecule has 5 heteroatoms. The molecule has 0 aromatic heterocycles. The van der Waals surface area contributed by atoms with Crippen molar-refractivity contribution in [2.24, 2.45) is 0 Å². The van der Waals surface area contributed by atoms with Crippen LogP contribution in [0.15, 0.2) is 133 Å². The second-order valence-corrected chi connectivity index (χ2v) is 10.5. The third-order valence-electron chi connectivity index (χ3n) is 8.21. The van der Waals surface area contributed by atoms with E-state index < -0.39 is 0 Å². The predicted molar refractivity (Wildman–Crippen MR) is 164 cm³/mol. The van der Waals surface area contributed by atoms with E-state index in [-0.39, 0.29) is 6.71 Å². The zero-order valence-electron chi connectivity index (χ0n) is 22.0. The minimum absolute atomic E-state index is 0.0514. The second-order valence-electron chi connectivity index (χ2n) is 10.5. The highest BCUT2D eigenvalue weighted by Crippen LogP contribution is 2.50. The normalized spacial score (nSPS) is 13.4. The number of para-hydroxylation sites is 6. The van der Waals surface area contributed by atoms with Gasteiger partial charge in [-0.05, 0) is 77.2 Å². The minimum Gasteiger partial charge on any atom is -0.458 e. The maximum absolute atomic E-state index is 6.66. The molecular formula is C36H22BNO3. The van der Waals surface area contributed by atoms with E-state index in [0.29, 0.717) is 0 Å². The zero-order chi connectivity index (χ0) is 26.9. The van der Waals surface area contributed by atoms with Crippen LogP contribution in [-0.4, -0.2) is 6.71 Å². The van der Waals surface area contributed by atoms with Gasteiger partial charge in [-0.1, -0.05) is 72.8 Å². The summed E-state index contributed by atoms with van der Waals surface area (Å²) >= 11 is 0. The third-order valence-corrected chi connectivity index (χ3v) is 8.21. The summed E-state index contributed by atoms with van der Waals surface area (Å²) in [5.41, 5.74) is 8.62. The van der Waals surface area contributed by atoms with Crippen molar-refractivity contribution in [1.82, 2.24) is 0 Å². The topological polar surface area (TPSA) is 30.9 Å². The lowest BCUT2D eigenvalue weighted by Crippen LogP contribution is -2.57. The SMILES string of the molecule is c1ccc2c(c1)Oc1ccc(-c3ccc(N4c5ccccc5Oc5ccccc54)cc3)c3c1B2c1ccccc1O3. The number of benzene rings is 6. The monoisotopic (exact) mass is 527 g/mol. The summed E-state index contributed by atoms with van der Waals surface area (Å²) in [7, 11) is 0. The fourth-order valence-electron chi connectivity index (χ4n) is 6.38. The van der Waals surface area contributed by atoms with Crippen LogP contribution in [0, 0.1) is 0 Å². The zero-order valence-corrected chi connectivity index (χ0v) is 22.0. The van der Waals surface area contributed by atoms with Crippen molar-refractivity contribution in [1.29, 1.82) is 0 Å². The molecule has 6 aromatic rings. The molecule has 4 nitrogen and oxygen atoms in total. The molecule has 0 N–H and O–H groups in total. The van der Waals surface area contributed by atoms with Gasteiger partial charge in [-0.15, -0.1) is 0 Å². The van der Waals surface area contributed by atoms with Crippen molar-refractivity contribution >= 4 is 40.2 Å². The molecule has 0 radical (unpaired) electrons. The van der Waals surface area contributed by atoms with E-state index in [1.165, 1.54) is 0 Å². The fraction of sp³-hybridized carbons (Fsp3) is 0. The Morgan fingerprint density at radius 1 is 0.439 bits per heavy atom. The number of rotatable bonds is 2. The number of nitrogens with zero attached hydrogens (tertiary/aromatic N) is 1. The van der Waals surface area contributed by atoms with Crippen molar-refractivity contribution in [3.05, 3.63) is 133 Å². The van der Waals surface area contributed by atoms with Crippen LogP contribution in [0.2, 0.25) is 0 Å². The van der Waals surface area contributed by atoms with Crippen molar-refractivity contribution in [2.75, 3.05) is 4.90 Å². The molecule has 0 aliphatic carbocycles. The van der Waals surface area contributed by atoms with Gasteiger partial charge in [0.25, 0.3) is 6.71 Å². The van der Waals surface area contributed by atoms with Crippen LogP contribution in [-0.2, 0) is 0 Å². The van der Waals surface area contributed by atoms with Gasteiger partial charge in [0.1, 0.15) is 23.0 Å². The van der Waals surface area contributed by atoms with E-state index in [4.69, 9.17) is 14.2 Å². The van der Waals surface area contributed by atoms with Gasteiger partial charge in [0, 0.05) is 16.7 Å². The predicted octanol–water partition coefficient (Wildman–Crippen LogP) is 7.66. The Labute approximate surface area is 238 Å². The molecule has 3 aliphatic heterocycles. The first-order valence-corrected chi connectivity index (χ1v) is 13.8. The highest BCUT2D eigenvalue weighted by molar-refractivity contribution is 6.98. The lowest BCUT2D eigenvalue weighted by atomic mass is 9.34. The van der Waals surface area contributed by atoms with Crippen molar-refractivity contribution in [3.63, 3.8) is 0 Å². The summed E-state index contributed by atoms with van der Waals surface area (Å²) in [5.74, 6) is 5.17. The first kappa shape index (κ1) is 22.4. The maximum atomic E-state index is 6.66. The Morgan fingerprint density at radius 2 is 0.976 bits per heavy atom. The van der Waals surface area contributed by atoms with E-state index in [1.807, 2.05) is 54.6 Å². The summed E-state index contributed by atoms with van der Waals surface area (Å²) in [5, 5.41) is 0. The lowest BCUT2D eigenvalue weighted by molar-refractivity contribution is 0.465. The molecule has 0 fully saturated rings. The van der Waals surface area contributed by atoms with Crippen LogP contribution in [0.5, 0.6) is 34.5 Å². The summed E-state index contributed by atoms with van der Waals surface area (Å²) in [6.07, 6.45) is 0. The summed E-state index contributed by atoms with van der Waals surface area (Å²) in [6.45, 7) is 0.0514. The molecular weight excluding hydrogens is 505 g/mol. The van der Waals surface area contributed by atoms with Gasteiger partial charge in [-0.3, -0.25) is 0 Å². The van der Waals surface area contributed by atoms with Gasteiger partial charge >= 0.3 is 0 Å². The maximum Gasteiger partial charge on any atom is 0.260 e. The molecule has 9 rings (SSSR count). The van der Waals surface area contributed by atoms with Crippen LogP contribution in [0.25, 0.3) is 11.1 Å². The highest BCUT2D eigenvalue weighted by atomic mass is 16.5. The molecule has 0 saturated heterocycles. The largest absolute Gasteiger partial charge is 0.458 e. The van der Waals surface area contributed by atoms with Gasteiger partial charge in [0.15, 0.2) is 11.5 Å². The number of anilines is 3. The van der Waals surface area contributed by atoms with E-state index >= 15 is 0 Å². The van der Waals surface area contributed by atoms with Crippen LogP contribution >= 0.6 is 0 Å². The van der Waals surface area contributed by atoms with E-state index in [2.05, 4.69) is 83.8 Å². The number of hydrogen-bond donors (Lipinski definition) is 0. The number of hydrogen-bond acceptors (Lipinski definition) is 4. The van der Waals surface area contributed by atoms with Gasteiger partial charge in [-0.25, -0.2) is 0 Å². The average Bonchev–Trinajstić information content (AvgIpc) is 3.03. The average molecular weight is 527 g/mol. The Kier molecular flexibility index (Phi) is 4.67. The first-order valence-electron chi connectivity index (χ1n) is 13.8. The molecule has 0 saturated carbocycles. The quantitative estimate of drug-likeness (QED) is 0.216. The highest BCUT2D eigenvalue weighted by Gasteiger charge is 2.40. The fourth-order valence-corrected chi connectivity index (χ4v) is 6.38. The molecule has 0 amide bonds. The van der Waals surface area contributed by atoms with Crippen LogP contribution in [0.4, 0.5) is 17.1 Å². The van der Waals surface area contributed by atoms with Gasteiger partial charge in [-0.2, -0.15) is 0 Å². The van der Waals surface area contributed by atoms with Crippen molar-refractivity contribution in [2.45, 2.75) is 0 Å². The summed E-state index contributed by atoms with van der Waals surface area (Å²) in [6, 6.07) is 45.8. The second kappa shape index (κ2) is 8.54. The minimum atomic E-state index is 0.0514. The molecule has 41 heavy (non-hydrogen) atoms. The summed E-state index contributed by atoms with van der Waals surface area (Å²) < 4.78 is 19.3. The van der Waals surface area contributed by atoms with Crippen LogP contribution < -0.4 is 35.5 Å². The molecule has 3 aliphatic rings. The van der Waals surface area contributed by atoms with Gasteiger partial charge < -0.3 is 19.1 Å². The molecule has 0 bridgehead atoms. The molecule has 0 spiro atoms. The molecule has 6 aromatic carbocycles. The summed E-state index contributed by atoms with van der Waals surface area (Å²) in [4.78, 5) is 2.25. The Morgan fingerprint density at radius 3 is 1.63 bits per heavy atom. The van der Waals surface area contributed by atoms with E-state index in [1.54, 1.807) is 0 Å².